The van der Waals surface area contributed by atoms with E-state index in [2.05, 4.69) is 16.8 Å². The van der Waals surface area contributed by atoms with Crippen molar-refractivity contribution in [3.8, 4) is 11.8 Å². The van der Waals surface area contributed by atoms with Crippen LogP contribution in [0.5, 0.6) is 0 Å². The standard InChI is InChI=1S/C21H30F2NO7P/c1-6-9-13-16(12(22)10-15(25)24-13)19-17(23)18(26)14(30-19)11-20(4,7-2)31-32(28,29)21(5,27)8-3/h10,14,17-19,26-27H,7-8,11H2,1-5H3,(H,24,25)(H,28,29). The van der Waals surface area contributed by atoms with Crippen LogP contribution in [-0.4, -0.2) is 49.4 Å². The number of hydrogen-bond donors (Lipinski definition) is 4. The van der Waals surface area contributed by atoms with Crippen molar-refractivity contribution in [2.75, 3.05) is 0 Å². The van der Waals surface area contributed by atoms with Gasteiger partial charge in [-0.25, -0.2) is 8.78 Å². The summed E-state index contributed by atoms with van der Waals surface area (Å²) in [4.78, 5) is 24.2. The molecule has 0 bridgehead atoms. The van der Waals surface area contributed by atoms with Gasteiger partial charge >= 0.3 is 7.60 Å². The summed E-state index contributed by atoms with van der Waals surface area (Å²) < 4.78 is 53.3. The van der Waals surface area contributed by atoms with E-state index in [4.69, 9.17) is 9.26 Å². The Morgan fingerprint density at radius 2 is 1.97 bits per heavy atom. The van der Waals surface area contributed by atoms with Gasteiger partial charge in [-0.2, -0.15) is 0 Å². The van der Waals surface area contributed by atoms with Gasteiger partial charge < -0.3 is 29.4 Å². The molecule has 1 saturated heterocycles. The van der Waals surface area contributed by atoms with E-state index in [9.17, 15) is 28.9 Å². The van der Waals surface area contributed by atoms with Crippen LogP contribution in [0.25, 0.3) is 0 Å². The number of aliphatic hydroxyl groups is 2. The van der Waals surface area contributed by atoms with Crippen LogP contribution in [0.1, 0.15) is 71.2 Å². The molecule has 0 aliphatic carbocycles. The van der Waals surface area contributed by atoms with Gasteiger partial charge in [-0.1, -0.05) is 19.8 Å². The Morgan fingerprint density at radius 1 is 1.34 bits per heavy atom. The molecule has 4 N–H and O–H groups in total. The van der Waals surface area contributed by atoms with E-state index < -0.39 is 54.4 Å². The van der Waals surface area contributed by atoms with Gasteiger partial charge in [0.05, 0.1) is 17.3 Å². The molecule has 0 aromatic carbocycles. The van der Waals surface area contributed by atoms with E-state index in [1.165, 1.54) is 27.7 Å². The second-order valence-electron chi connectivity index (χ2n) is 8.37. The van der Waals surface area contributed by atoms with E-state index in [1.807, 2.05) is 0 Å². The first-order chi connectivity index (χ1) is 14.7. The molecule has 32 heavy (non-hydrogen) atoms. The molecule has 1 fully saturated rings. The fraction of sp³-hybridized carbons (Fsp3) is 0.667. The smallest absolute Gasteiger partial charge is 0.359 e. The third-order valence-electron chi connectivity index (χ3n) is 5.89. The first-order valence-electron chi connectivity index (χ1n) is 10.3. The predicted octanol–water partition coefficient (Wildman–Crippen LogP) is 2.90. The predicted molar refractivity (Wildman–Crippen MR) is 113 cm³/mol. The highest BCUT2D eigenvalue weighted by Gasteiger charge is 2.51. The normalized spacial score (nSPS) is 28.8. The molecule has 7 unspecified atom stereocenters. The zero-order chi connectivity index (χ0) is 24.5. The average Bonchev–Trinajstić information content (AvgIpc) is 2.95. The highest BCUT2D eigenvalue weighted by Crippen LogP contribution is 2.59. The number of H-pyrrole nitrogens is 1. The monoisotopic (exact) mass is 477 g/mol. The molecule has 0 amide bonds. The minimum Gasteiger partial charge on any atom is -0.387 e. The van der Waals surface area contributed by atoms with Gasteiger partial charge in [0.1, 0.15) is 23.7 Å². The molecule has 0 spiro atoms. The van der Waals surface area contributed by atoms with Crippen LogP contribution >= 0.6 is 7.60 Å². The zero-order valence-corrected chi connectivity index (χ0v) is 19.6. The second kappa shape index (κ2) is 9.72. The SMILES string of the molecule is CC#Cc1[nH]c(=O)cc(F)c1C1OC(CC(C)(CC)OP(=O)(O)C(C)(O)CC)C(O)C1F. The number of halogens is 2. The van der Waals surface area contributed by atoms with Crippen LogP contribution in [0.4, 0.5) is 8.78 Å². The van der Waals surface area contributed by atoms with Crippen LogP contribution in [0.2, 0.25) is 0 Å². The maximum atomic E-state index is 15.0. The molecular weight excluding hydrogens is 447 g/mol. The van der Waals surface area contributed by atoms with E-state index in [0.717, 1.165) is 0 Å². The quantitative estimate of drug-likeness (QED) is 0.335. The largest absolute Gasteiger partial charge is 0.387 e. The Morgan fingerprint density at radius 3 is 2.50 bits per heavy atom. The summed E-state index contributed by atoms with van der Waals surface area (Å²) in [7, 11) is -4.52. The summed E-state index contributed by atoms with van der Waals surface area (Å²) in [5.74, 6) is 3.98. The third-order valence-corrected chi connectivity index (χ3v) is 8.11. The summed E-state index contributed by atoms with van der Waals surface area (Å²) in [6.45, 7) is 7.28. The molecule has 0 saturated carbocycles. The molecule has 0 radical (unpaired) electrons. The van der Waals surface area contributed by atoms with Crippen LogP contribution < -0.4 is 5.56 Å². The first kappa shape index (κ1) is 26.7. The minimum atomic E-state index is -4.52. The second-order valence-corrected chi connectivity index (χ2v) is 10.6. The van der Waals surface area contributed by atoms with Crippen molar-refractivity contribution < 1.29 is 37.7 Å². The van der Waals surface area contributed by atoms with Crippen LogP contribution in [0, 0.1) is 17.7 Å². The van der Waals surface area contributed by atoms with Gasteiger partial charge in [0.2, 0.25) is 0 Å². The molecule has 1 aromatic heterocycles. The van der Waals surface area contributed by atoms with E-state index in [-0.39, 0.29) is 30.5 Å². The lowest BCUT2D eigenvalue weighted by atomic mass is 9.92. The molecule has 180 valence electrons. The summed E-state index contributed by atoms with van der Waals surface area (Å²) in [6, 6.07) is 0.639. The third kappa shape index (κ3) is 5.30. The molecule has 8 nitrogen and oxygen atoms in total. The Hall–Kier alpha value is -1.60. The van der Waals surface area contributed by atoms with Crippen molar-refractivity contribution in [3.05, 3.63) is 33.5 Å². The number of nitrogens with one attached hydrogen (secondary N) is 1. The molecule has 1 aliphatic heterocycles. The number of ether oxygens (including phenoxy) is 1. The number of alkyl halides is 1. The molecular formula is C21H30F2NO7P. The highest BCUT2D eigenvalue weighted by atomic mass is 31.2. The lowest BCUT2D eigenvalue weighted by Crippen LogP contribution is -2.39. The van der Waals surface area contributed by atoms with Crippen molar-refractivity contribution >= 4 is 7.60 Å². The van der Waals surface area contributed by atoms with Crippen LogP contribution in [-0.2, 0) is 13.8 Å². The number of aromatic amines is 1. The lowest BCUT2D eigenvalue weighted by molar-refractivity contribution is -0.0536. The number of rotatable bonds is 8. The lowest BCUT2D eigenvalue weighted by Gasteiger charge is -2.37. The number of pyridine rings is 1. The Bertz CT molecular complexity index is 1000. The summed E-state index contributed by atoms with van der Waals surface area (Å²) in [5.41, 5.74) is -2.62. The molecule has 1 aliphatic rings. The summed E-state index contributed by atoms with van der Waals surface area (Å²) in [6.07, 6.45) is -6.64. The number of aromatic nitrogens is 1. The summed E-state index contributed by atoms with van der Waals surface area (Å²) >= 11 is 0. The van der Waals surface area contributed by atoms with Crippen molar-refractivity contribution in [1.82, 2.24) is 4.98 Å². The first-order valence-corrected chi connectivity index (χ1v) is 11.9. The van der Waals surface area contributed by atoms with Gasteiger partial charge in [-0.15, -0.1) is 0 Å². The minimum absolute atomic E-state index is 0.0511. The highest BCUT2D eigenvalue weighted by molar-refractivity contribution is 7.54. The van der Waals surface area contributed by atoms with Gasteiger partial charge in [0.25, 0.3) is 5.56 Å². The Balaban J connectivity index is 2.35. The topological polar surface area (TPSA) is 129 Å². The van der Waals surface area contributed by atoms with Gasteiger partial charge in [0.15, 0.2) is 11.5 Å². The summed E-state index contributed by atoms with van der Waals surface area (Å²) in [5, 5.41) is 18.7. The molecule has 11 heteroatoms. The maximum Gasteiger partial charge on any atom is 0.359 e. The average molecular weight is 477 g/mol. The van der Waals surface area contributed by atoms with Crippen molar-refractivity contribution in [2.45, 2.75) is 89.3 Å². The van der Waals surface area contributed by atoms with Gasteiger partial charge in [-0.05, 0) is 39.5 Å². The fourth-order valence-electron chi connectivity index (χ4n) is 3.43. The van der Waals surface area contributed by atoms with Crippen molar-refractivity contribution in [2.24, 2.45) is 0 Å². The van der Waals surface area contributed by atoms with Crippen LogP contribution in [0.15, 0.2) is 10.9 Å². The Kier molecular flexibility index (Phi) is 8.09. The van der Waals surface area contributed by atoms with E-state index in [0.29, 0.717) is 6.07 Å². The number of aliphatic hydroxyl groups excluding tert-OH is 1. The van der Waals surface area contributed by atoms with Gasteiger partial charge in [-0.3, -0.25) is 9.36 Å². The van der Waals surface area contributed by atoms with Crippen LogP contribution in [0.3, 0.4) is 0 Å². The van der Waals surface area contributed by atoms with Crippen molar-refractivity contribution in [1.29, 1.82) is 0 Å². The Labute approximate surface area is 185 Å². The van der Waals surface area contributed by atoms with E-state index >= 15 is 4.39 Å². The molecule has 2 rings (SSSR count). The molecule has 2 heterocycles. The van der Waals surface area contributed by atoms with E-state index in [1.54, 1.807) is 6.92 Å². The van der Waals surface area contributed by atoms with Gasteiger partial charge in [0, 0.05) is 12.5 Å². The molecule has 1 aromatic rings. The molecule has 7 atom stereocenters. The number of hydrogen-bond acceptors (Lipinski definition) is 6. The maximum absolute atomic E-state index is 15.0. The fourth-order valence-corrected chi connectivity index (χ4v) is 4.83. The zero-order valence-electron chi connectivity index (χ0n) is 18.7. The van der Waals surface area contributed by atoms with Crippen molar-refractivity contribution in [3.63, 3.8) is 0 Å².